The van der Waals surface area contributed by atoms with Crippen molar-refractivity contribution in [1.82, 2.24) is 19.7 Å². The average molecular weight is 359 g/mol. The van der Waals surface area contributed by atoms with Crippen LogP contribution in [-0.4, -0.2) is 32.8 Å². The van der Waals surface area contributed by atoms with E-state index in [2.05, 4.69) is 16.1 Å². The van der Waals surface area contributed by atoms with Gasteiger partial charge in [-0.25, -0.2) is 14.6 Å². The molecule has 0 spiro atoms. The summed E-state index contributed by atoms with van der Waals surface area (Å²) in [5.74, 6) is 1.49. The number of nitriles is 1. The first-order valence-electron chi connectivity index (χ1n) is 9.03. The molecular weight excluding hydrogens is 338 g/mol. The third kappa shape index (κ3) is 3.10. The Bertz CT molecular complexity index is 1040. The van der Waals surface area contributed by atoms with Crippen molar-refractivity contribution in [3.8, 4) is 23.3 Å². The van der Waals surface area contributed by atoms with Crippen LogP contribution in [0.4, 0.5) is 11.5 Å². The number of rotatable bonds is 3. The fraction of sp³-hybridized carbons (Fsp3) is 0.300. The number of pyridine rings is 2. The van der Waals surface area contributed by atoms with E-state index in [9.17, 15) is 5.26 Å². The highest BCUT2D eigenvalue weighted by Gasteiger charge is 2.18. The lowest BCUT2D eigenvalue weighted by Gasteiger charge is -2.17. The van der Waals surface area contributed by atoms with Crippen LogP contribution in [0, 0.1) is 25.2 Å². The molecule has 4 rings (SSSR count). The summed E-state index contributed by atoms with van der Waals surface area (Å²) in [6.45, 7) is 5.90. The van der Waals surface area contributed by atoms with Crippen LogP contribution in [0.15, 0.2) is 30.3 Å². The maximum atomic E-state index is 9.63. The molecule has 1 saturated heterocycles. The minimum Gasteiger partial charge on any atom is -0.397 e. The zero-order valence-electron chi connectivity index (χ0n) is 15.5. The lowest BCUT2D eigenvalue weighted by Crippen LogP contribution is -2.19. The molecule has 0 unspecified atom stereocenters. The van der Waals surface area contributed by atoms with Crippen LogP contribution in [-0.2, 0) is 0 Å². The van der Waals surface area contributed by atoms with Crippen molar-refractivity contribution in [2.75, 3.05) is 23.7 Å². The predicted octanol–water partition coefficient (Wildman–Crippen LogP) is 3.00. The smallest absolute Gasteiger partial charge is 0.156 e. The summed E-state index contributed by atoms with van der Waals surface area (Å²) < 4.78 is 1.74. The molecule has 0 aromatic carbocycles. The maximum Gasteiger partial charge on any atom is 0.156 e. The summed E-state index contributed by atoms with van der Waals surface area (Å²) in [6, 6.07) is 11.7. The van der Waals surface area contributed by atoms with Crippen molar-refractivity contribution in [1.29, 1.82) is 5.26 Å². The van der Waals surface area contributed by atoms with Gasteiger partial charge in [-0.2, -0.15) is 10.4 Å². The number of aromatic nitrogens is 4. The Kier molecular flexibility index (Phi) is 4.24. The van der Waals surface area contributed by atoms with E-state index in [0.29, 0.717) is 28.5 Å². The van der Waals surface area contributed by atoms with Gasteiger partial charge in [0.05, 0.1) is 17.1 Å². The van der Waals surface area contributed by atoms with Crippen LogP contribution in [0.5, 0.6) is 0 Å². The van der Waals surface area contributed by atoms with Crippen molar-refractivity contribution in [3.63, 3.8) is 0 Å². The van der Waals surface area contributed by atoms with Crippen LogP contribution >= 0.6 is 0 Å². The van der Waals surface area contributed by atoms with Crippen LogP contribution in [0.2, 0.25) is 0 Å². The number of nitrogen functional groups attached to an aromatic ring is 1. The molecule has 0 radical (unpaired) electrons. The van der Waals surface area contributed by atoms with E-state index in [1.165, 1.54) is 12.8 Å². The number of aryl methyl sites for hydroxylation is 2. The van der Waals surface area contributed by atoms with E-state index in [4.69, 9.17) is 15.7 Å². The van der Waals surface area contributed by atoms with Crippen molar-refractivity contribution in [2.45, 2.75) is 26.7 Å². The van der Waals surface area contributed by atoms with Gasteiger partial charge in [-0.05, 0) is 44.9 Å². The normalized spacial score (nSPS) is 13.7. The van der Waals surface area contributed by atoms with Crippen LogP contribution in [0.25, 0.3) is 17.2 Å². The molecule has 7 heteroatoms. The summed E-state index contributed by atoms with van der Waals surface area (Å²) in [5, 5.41) is 14.1. The minimum absolute atomic E-state index is 0.339. The van der Waals surface area contributed by atoms with Gasteiger partial charge in [0.25, 0.3) is 0 Å². The summed E-state index contributed by atoms with van der Waals surface area (Å²) in [5.41, 5.74) is 9.88. The fourth-order valence-electron chi connectivity index (χ4n) is 3.50. The molecule has 4 heterocycles. The van der Waals surface area contributed by atoms with Gasteiger partial charge < -0.3 is 10.6 Å². The second-order valence-corrected chi connectivity index (χ2v) is 6.82. The van der Waals surface area contributed by atoms with Gasteiger partial charge in [0.15, 0.2) is 5.82 Å². The molecule has 3 aromatic rings. The zero-order valence-corrected chi connectivity index (χ0v) is 15.5. The first kappa shape index (κ1) is 17.0. The van der Waals surface area contributed by atoms with Gasteiger partial charge in [0, 0.05) is 24.8 Å². The SMILES string of the molecule is Cc1cc(C)n(-c2cc(N)c(C#N)c(-c3cccc(N4CCCC4)n3)n2)n1. The lowest BCUT2D eigenvalue weighted by atomic mass is 10.1. The number of hydrogen-bond donors (Lipinski definition) is 1. The summed E-state index contributed by atoms with van der Waals surface area (Å²) >= 11 is 0. The molecular formula is C20H21N7. The largest absolute Gasteiger partial charge is 0.397 e. The Morgan fingerprint density at radius 1 is 1.07 bits per heavy atom. The monoisotopic (exact) mass is 359 g/mol. The molecule has 2 N–H and O–H groups in total. The third-order valence-electron chi connectivity index (χ3n) is 4.78. The summed E-state index contributed by atoms with van der Waals surface area (Å²) in [7, 11) is 0. The van der Waals surface area contributed by atoms with Gasteiger partial charge in [0.1, 0.15) is 23.1 Å². The van der Waals surface area contributed by atoms with E-state index < -0.39 is 0 Å². The molecule has 1 aliphatic heterocycles. The zero-order chi connectivity index (χ0) is 19.0. The highest BCUT2D eigenvalue weighted by atomic mass is 15.3. The van der Waals surface area contributed by atoms with Crippen molar-refractivity contribution < 1.29 is 0 Å². The molecule has 1 aliphatic rings. The third-order valence-corrected chi connectivity index (χ3v) is 4.78. The van der Waals surface area contributed by atoms with Gasteiger partial charge >= 0.3 is 0 Å². The quantitative estimate of drug-likeness (QED) is 0.772. The molecule has 3 aromatic heterocycles. The van der Waals surface area contributed by atoms with E-state index in [0.717, 1.165) is 30.3 Å². The number of nitrogens with two attached hydrogens (primary N) is 1. The second kappa shape index (κ2) is 6.72. The number of nitrogens with zero attached hydrogens (tertiary/aromatic N) is 6. The van der Waals surface area contributed by atoms with Gasteiger partial charge in [0.2, 0.25) is 0 Å². The summed E-state index contributed by atoms with van der Waals surface area (Å²) in [6.07, 6.45) is 2.35. The standard InChI is InChI=1S/C20H21N7/c1-13-10-14(2)27(25-13)19-11-16(22)15(12-21)20(24-19)17-6-5-7-18(23-17)26-8-3-4-9-26/h5-7,10-11H,3-4,8-9H2,1-2H3,(H2,22,24). The average Bonchev–Trinajstić information content (AvgIpc) is 3.31. The van der Waals surface area contributed by atoms with Crippen molar-refractivity contribution in [3.05, 3.63) is 47.3 Å². The molecule has 0 saturated carbocycles. The molecule has 0 aliphatic carbocycles. The molecule has 1 fully saturated rings. The fourth-order valence-corrected chi connectivity index (χ4v) is 3.50. The maximum absolute atomic E-state index is 9.63. The highest BCUT2D eigenvalue weighted by molar-refractivity contribution is 5.74. The lowest BCUT2D eigenvalue weighted by molar-refractivity contribution is 0.807. The van der Waals surface area contributed by atoms with E-state index in [1.807, 2.05) is 38.1 Å². The second-order valence-electron chi connectivity index (χ2n) is 6.82. The molecule has 0 amide bonds. The number of hydrogen-bond acceptors (Lipinski definition) is 6. The van der Waals surface area contributed by atoms with Crippen LogP contribution in [0.3, 0.4) is 0 Å². The molecule has 136 valence electrons. The molecule has 0 atom stereocenters. The molecule has 27 heavy (non-hydrogen) atoms. The van der Waals surface area contributed by atoms with Crippen LogP contribution < -0.4 is 10.6 Å². The Morgan fingerprint density at radius 2 is 1.85 bits per heavy atom. The Hall–Kier alpha value is -3.40. The van der Waals surface area contributed by atoms with E-state index in [-0.39, 0.29) is 0 Å². The first-order chi connectivity index (χ1) is 13.1. The van der Waals surface area contributed by atoms with Gasteiger partial charge in [-0.1, -0.05) is 6.07 Å². The van der Waals surface area contributed by atoms with Crippen LogP contribution in [0.1, 0.15) is 29.8 Å². The topological polar surface area (TPSA) is 96.7 Å². The highest BCUT2D eigenvalue weighted by Crippen LogP contribution is 2.29. The molecule has 7 nitrogen and oxygen atoms in total. The van der Waals surface area contributed by atoms with Gasteiger partial charge in [-0.3, -0.25) is 0 Å². The first-order valence-corrected chi connectivity index (χ1v) is 9.03. The predicted molar refractivity (Wildman–Crippen MR) is 105 cm³/mol. The van der Waals surface area contributed by atoms with Gasteiger partial charge in [-0.15, -0.1) is 0 Å². The van der Waals surface area contributed by atoms with Crippen molar-refractivity contribution >= 4 is 11.5 Å². The van der Waals surface area contributed by atoms with E-state index >= 15 is 0 Å². The number of anilines is 2. The summed E-state index contributed by atoms with van der Waals surface area (Å²) in [4.78, 5) is 11.7. The molecule has 0 bridgehead atoms. The van der Waals surface area contributed by atoms with Crippen molar-refractivity contribution in [2.24, 2.45) is 0 Å². The Morgan fingerprint density at radius 3 is 2.52 bits per heavy atom. The van der Waals surface area contributed by atoms with E-state index in [1.54, 1.807) is 10.7 Å². The Balaban J connectivity index is 1.86. The minimum atomic E-state index is 0.339. The Labute approximate surface area is 158 Å².